The second-order valence-corrected chi connectivity index (χ2v) is 3.92. The van der Waals surface area contributed by atoms with Gasteiger partial charge in [0.15, 0.2) is 0 Å². The first-order valence-corrected chi connectivity index (χ1v) is 4.70. The number of hydrogen-bond acceptors (Lipinski definition) is 2. The van der Waals surface area contributed by atoms with Gasteiger partial charge in [0.05, 0.1) is 12.1 Å². The Morgan fingerprint density at radius 3 is 2.75 bits per heavy atom. The molecule has 0 aliphatic carbocycles. The fourth-order valence-corrected chi connectivity index (χ4v) is 1.84. The van der Waals surface area contributed by atoms with E-state index in [1.165, 1.54) is 0 Å². The van der Waals surface area contributed by atoms with Gasteiger partial charge in [0.1, 0.15) is 0 Å². The minimum absolute atomic E-state index is 0.0616. The van der Waals surface area contributed by atoms with E-state index < -0.39 is 5.97 Å². The van der Waals surface area contributed by atoms with Crippen molar-refractivity contribution < 1.29 is 9.90 Å². The molecule has 0 fully saturated rings. The number of pyridine rings is 1. The summed E-state index contributed by atoms with van der Waals surface area (Å²) in [6.45, 7) is 0. The fraction of sp³-hybridized carbons (Fsp3) is 0.143. The molecule has 1 N–H and O–H groups in total. The van der Waals surface area contributed by atoms with Gasteiger partial charge in [-0.1, -0.05) is 0 Å². The van der Waals surface area contributed by atoms with Crippen molar-refractivity contribution in [2.75, 3.05) is 0 Å². The Kier molecular flexibility index (Phi) is 3.22. The molecule has 0 bridgehead atoms. The number of carboxylic acids is 1. The van der Waals surface area contributed by atoms with Crippen molar-refractivity contribution in [2.24, 2.45) is 0 Å². The van der Waals surface area contributed by atoms with Crippen molar-refractivity contribution in [3.8, 4) is 0 Å². The molecule has 64 valence electrons. The predicted molar refractivity (Wildman–Crippen MR) is 51.0 cm³/mol. The van der Waals surface area contributed by atoms with Crippen LogP contribution in [-0.4, -0.2) is 16.1 Å². The van der Waals surface area contributed by atoms with Crippen LogP contribution in [0.2, 0.25) is 0 Å². The normalized spacial score (nSPS) is 9.83. The SMILES string of the molecule is O=C(O)Cc1ncc(Br)cc1Br. The smallest absolute Gasteiger partial charge is 0.309 e. The zero-order valence-electron chi connectivity index (χ0n) is 5.92. The van der Waals surface area contributed by atoms with Crippen LogP contribution in [0.1, 0.15) is 5.69 Å². The Labute approximate surface area is 86.1 Å². The molecule has 1 heterocycles. The summed E-state index contributed by atoms with van der Waals surface area (Å²) in [4.78, 5) is 14.3. The lowest BCUT2D eigenvalue weighted by molar-refractivity contribution is -0.136. The standard InChI is InChI=1S/C7H5Br2NO2/c8-4-1-5(9)6(10-3-4)2-7(11)12/h1,3H,2H2,(H,11,12). The number of carboxylic acid groups (broad SMARTS) is 1. The van der Waals surface area contributed by atoms with Crippen molar-refractivity contribution in [3.05, 3.63) is 26.9 Å². The van der Waals surface area contributed by atoms with Gasteiger partial charge in [0.2, 0.25) is 0 Å². The maximum absolute atomic E-state index is 10.3. The molecule has 0 saturated heterocycles. The molecule has 0 aromatic carbocycles. The molecule has 1 rings (SSSR count). The lowest BCUT2D eigenvalue weighted by Crippen LogP contribution is -2.02. The highest BCUT2D eigenvalue weighted by Crippen LogP contribution is 2.19. The van der Waals surface area contributed by atoms with Gasteiger partial charge in [-0.3, -0.25) is 9.78 Å². The van der Waals surface area contributed by atoms with Gasteiger partial charge >= 0.3 is 5.97 Å². The van der Waals surface area contributed by atoms with Crippen LogP contribution >= 0.6 is 31.9 Å². The highest BCUT2D eigenvalue weighted by atomic mass is 79.9. The van der Waals surface area contributed by atoms with E-state index in [0.29, 0.717) is 10.2 Å². The number of halogens is 2. The second-order valence-electron chi connectivity index (χ2n) is 2.15. The summed E-state index contributed by atoms with van der Waals surface area (Å²) in [5, 5.41) is 8.49. The molecule has 0 aliphatic heterocycles. The highest BCUT2D eigenvalue weighted by Gasteiger charge is 2.06. The zero-order valence-corrected chi connectivity index (χ0v) is 9.09. The van der Waals surface area contributed by atoms with Crippen molar-refractivity contribution in [1.29, 1.82) is 0 Å². The van der Waals surface area contributed by atoms with Gasteiger partial charge in [-0.25, -0.2) is 0 Å². The van der Waals surface area contributed by atoms with E-state index >= 15 is 0 Å². The van der Waals surface area contributed by atoms with E-state index in [-0.39, 0.29) is 6.42 Å². The molecule has 0 aliphatic rings. The third kappa shape index (κ3) is 2.57. The zero-order chi connectivity index (χ0) is 9.14. The van der Waals surface area contributed by atoms with Gasteiger partial charge in [0.25, 0.3) is 0 Å². The fourth-order valence-electron chi connectivity index (χ4n) is 0.716. The Balaban J connectivity index is 2.93. The minimum atomic E-state index is -0.884. The number of aliphatic carboxylic acids is 1. The lowest BCUT2D eigenvalue weighted by atomic mass is 10.3. The average molecular weight is 295 g/mol. The highest BCUT2D eigenvalue weighted by molar-refractivity contribution is 9.11. The largest absolute Gasteiger partial charge is 0.481 e. The maximum Gasteiger partial charge on any atom is 0.309 e. The number of rotatable bonds is 2. The van der Waals surface area contributed by atoms with Crippen LogP contribution in [-0.2, 0) is 11.2 Å². The Bertz CT molecular complexity index is 314. The summed E-state index contributed by atoms with van der Waals surface area (Å²) in [7, 11) is 0. The van der Waals surface area contributed by atoms with Crippen molar-refractivity contribution >= 4 is 37.8 Å². The first kappa shape index (κ1) is 9.67. The van der Waals surface area contributed by atoms with Gasteiger partial charge in [-0.05, 0) is 37.9 Å². The first-order chi connectivity index (χ1) is 5.59. The van der Waals surface area contributed by atoms with Crippen LogP contribution in [0.15, 0.2) is 21.2 Å². The number of hydrogen-bond donors (Lipinski definition) is 1. The van der Waals surface area contributed by atoms with Gasteiger partial charge in [0, 0.05) is 15.1 Å². The number of carbonyl (C=O) groups is 1. The summed E-state index contributed by atoms with van der Waals surface area (Å²) in [5.41, 5.74) is 0.533. The lowest BCUT2D eigenvalue weighted by Gasteiger charge is -1.99. The molecular weight excluding hydrogens is 290 g/mol. The van der Waals surface area contributed by atoms with Crippen molar-refractivity contribution in [3.63, 3.8) is 0 Å². The summed E-state index contributed by atoms with van der Waals surface area (Å²) in [6.07, 6.45) is 1.51. The molecule has 0 saturated carbocycles. The van der Waals surface area contributed by atoms with E-state index in [4.69, 9.17) is 5.11 Å². The van der Waals surface area contributed by atoms with Crippen LogP contribution in [0.5, 0.6) is 0 Å². The molecule has 0 radical (unpaired) electrons. The average Bonchev–Trinajstić information content (AvgIpc) is 1.94. The van der Waals surface area contributed by atoms with Gasteiger partial charge in [-0.15, -0.1) is 0 Å². The molecule has 12 heavy (non-hydrogen) atoms. The number of aromatic nitrogens is 1. The number of nitrogens with zero attached hydrogens (tertiary/aromatic N) is 1. The predicted octanol–water partition coefficient (Wildman–Crippen LogP) is 2.23. The monoisotopic (exact) mass is 293 g/mol. The Hall–Kier alpha value is -0.420. The van der Waals surface area contributed by atoms with E-state index in [0.717, 1.165) is 4.47 Å². The molecule has 0 unspecified atom stereocenters. The van der Waals surface area contributed by atoms with Crippen LogP contribution < -0.4 is 0 Å². The molecule has 1 aromatic rings. The molecule has 5 heteroatoms. The Morgan fingerprint density at radius 1 is 1.58 bits per heavy atom. The van der Waals surface area contributed by atoms with Crippen molar-refractivity contribution in [2.45, 2.75) is 6.42 Å². The summed E-state index contributed by atoms with van der Waals surface area (Å²) < 4.78 is 1.53. The Morgan fingerprint density at radius 2 is 2.25 bits per heavy atom. The topological polar surface area (TPSA) is 50.2 Å². The maximum atomic E-state index is 10.3. The van der Waals surface area contributed by atoms with Crippen molar-refractivity contribution in [1.82, 2.24) is 4.98 Å². The van der Waals surface area contributed by atoms with E-state index in [1.54, 1.807) is 12.3 Å². The molecule has 3 nitrogen and oxygen atoms in total. The summed E-state index contributed by atoms with van der Waals surface area (Å²) in [5.74, 6) is -0.884. The third-order valence-corrected chi connectivity index (χ3v) is 2.32. The quantitative estimate of drug-likeness (QED) is 0.910. The molecular formula is C7H5Br2NO2. The first-order valence-electron chi connectivity index (χ1n) is 3.11. The molecule has 0 amide bonds. The van der Waals surface area contributed by atoms with Crippen LogP contribution in [0.3, 0.4) is 0 Å². The second kappa shape index (κ2) is 4.00. The van der Waals surface area contributed by atoms with Crippen LogP contribution in [0.4, 0.5) is 0 Å². The molecule has 1 aromatic heterocycles. The van der Waals surface area contributed by atoms with E-state index in [9.17, 15) is 4.79 Å². The van der Waals surface area contributed by atoms with Gasteiger partial charge < -0.3 is 5.11 Å². The summed E-state index contributed by atoms with van der Waals surface area (Å²) in [6, 6.07) is 1.77. The van der Waals surface area contributed by atoms with Crippen LogP contribution in [0.25, 0.3) is 0 Å². The van der Waals surface area contributed by atoms with Gasteiger partial charge in [-0.2, -0.15) is 0 Å². The van der Waals surface area contributed by atoms with Crippen LogP contribution in [0, 0.1) is 0 Å². The molecule has 0 atom stereocenters. The van der Waals surface area contributed by atoms with E-state index in [2.05, 4.69) is 36.8 Å². The molecule has 0 spiro atoms. The van der Waals surface area contributed by atoms with E-state index in [1.807, 2.05) is 0 Å². The third-order valence-electron chi connectivity index (χ3n) is 1.20. The minimum Gasteiger partial charge on any atom is -0.481 e. The summed E-state index contributed by atoms with van der Waals surface area (Å²) >= 11 is 6.44.